The first kappa shape index (κ1) is 15.2. The Morgan fingerprint density at radius 2 is 1.95 bits per heavy atom. The number of rotatable bonds is 6. The summed E-state index contributed by atoms with van der Waals surface area (Å²) in [7, 11) is 0. The Kier molecular flexibility index (Phi) is 4.72. The monoisotopic (exact) mass is 299 g/mol. The van der Waals surface area contributed by atoms with Gasteiger partial charge in [0.1, 0.15) is 5.75 Å². The standard InChI is InChI=1S/C14H15F2NO4/c1-8(20-13(19)9-6-7-9)12(18)17-10-4-2-3-5-11(10)21-14(15)16/h2-5,8-9,14H,6-7H2,1H3,(H,17,18)/t8-/m0/s1. The predicted molar refractivity (Wildman–Crippen MR) is 70.0 cm³/mol. The third-order valence-electron chi connectivity index (χ3n) is 2.93. The van der Waals surface area contributed by atoms with Crippen LogP contribution in [0.4, 0.5) is 14.5 Å². The highest BCUT2D eigenvalue weighted by atomic mass is 19.3. The molecule has 2 rings (SSSR count). The number of hydrogen-bond acceptors (Lipinski definition) is 4. The molecule has 1 aromatic rings. The third-order valence-corrected chi connectivity index (χ3v) is 2.93. The zero-order valence-electron chi connectivity index (χ0n) is 11.3. The summed E-state index contributed by atoms with van der Waals surface area (Å²) in [6.45, 7) is -1.57. The van der Waals surface area contributed by atoms with Crippen molar-refractivity contribution >= 4 is 17.6 Å². The number of ether oxygens (including phenoxy) is 2. The molecule has 1 aliphatic carbocycles. The molecule has 0 bridgehead atoms. The summed E-state index contributed by atoms with van der Waals surface area (Å²) in [5, 5.41) is 2.41. The molecular weight excluding hydrogens is 284 g/mol. The van der Waals surface area contributed by atoms with E-state index in [1.807, 2.05) is 0 Å². The van der Waals surface area contributed by atoms with Crippen LogP contribution in [0.5, 0.6) is 5.75 Å². The highest BCUT2D eigenvalue weighted by molar-refractivity contribution is 5.96. The van der Waals surface area contributed by atoms with Crippen LogP contribution >= 0.6 is 0 Å². The van der Waals surface area contributed by atoms with Crippen molar-refractivity contribution in [3.63, 3.8) is 0 Å². The van der Waals surface area contributed by atoms with E-state index >= 15 is 0 Å². The van der Waals surface area contributed by atoms with E-state index < -0.39 is 24.6 Å². The predicted octanol–water partition coefficient (Wildman–Crippen LogP) is 2.57. The van der Waals surface area contributed by atoms with E-state index in [0.29, 0.717) is 0 Å². The molecule has 0 heterocycles. The molecular formula is C14H15F2NO4. The lowest BCUT2D eigenvalue weighted by molar-refractivity contribution is -0.154. The maximum absolute atomic E-state index is 12.3. The van der Waals surface area contributed by atoms with Crippen molar-refractivity contribution in [2.24, 2.45) is 5.92 Å². The second kappa shape index (κ2) is 6.51. The van der Waals surface area contributed by atoms with E-state index in [4.69, 9.17) is 4.74 Å². The van der Waals surface area contributed by atoms with Crippen LogP contribution in [0.15, 0.2) is 24.3 Å². The fraction of sp³-hybridized carbons (Fsp3) is 0.429. The first-order valence-corrected chi connectivity index (χ1v) is 6.52. The van der Waals surface area contributed by atoms with Crippen LogP contribution in [0.3, 0.4) is 0 Å². The maximum Gasteiger partial charge on any atom is 0.387 e. The SMILES string of the molecule is C[C@H](OC(=O)C1CC1)C(=O)Nc1ccccc1OC(F)F. The Bertz CT molecular complexity index is 531. The summed E-state index contributed by atoms with van der Waals surface area (Å²) in [6, 6.07) is 5.80. The molecule has 0 unspecified atom stereocenters. The number of halogens is 2. The number of hydrogen-bond donors (Lipinski definition) is 1. The lowest BCUT2D eigenvalue weighted by Gasteiger charge is -2.15. The Morgan fingerprint density at radius 1 is 1.29 bits per heavy atom. The molecule has 1 saturated carbocycles. The molecule has 0 aliphatic heterocycles. The largest absolute Gasteiger partial charge is 0.452 e. The van der Waals surface area contributed by atoms with E-state index in [1.54, 1.807) is 6.07 Å². The Hall–Kier alpha value is -2.18. The van der Waals surface area contributed by atoms with Crippen LogP contribution in [0.2, 0.25) is 0 Å². The van der Waals surface area contributed by atoms with Crippen molar-refractivity contribution in [3.8, 4) is 5.75 Å². The van der Waals surface area contributed by atoms with Crippen molar-refractivity contribution in [1.82, 2.24) is 0 Å². The average Bonchev–Trinajstić information content (AvgIpc) is 3.24. The highest BCUT2D eigenvalue weighted by Crippen LogP contribution is 2.31. The van der Waals surface area contributed by atoms with Crippen LogP contribution in [0, 0.1) is 5.92 Å². The van der Waals surface area contributed by atoms with E-state index in [-0.39, 0.29) is 17.4 Å². The summed E-state index contributed by atoms with van der Waals surface area (Å²) in [5.41, 5.74) is 0.0946. The number of benzene rings is 1. The van der Waals surface area contributed by atoms with E-state index in [0.717, 1.165) is 12.8 Å². The number of carbonyl (C=O) groups excluding carboxylic acids is 2. The molecule has 1 fully saturated rings. The van der Waals surface area contributed by atoms with Gasteiger partial charge in [-0.05, 0) is 31.9 Å². The molecule has 114 valence electrons. The zero-order valence-corrected chi connectivity index (χ0v) is 11.3. The molecule has 0 radical (unpaired) electrons. The van der Waals surface area contributed by atoms with Crippen LogP contribution in [-0.2, 0) is 14.3 Å². The minimum Gasteiger partial charge on any atom is -0.452 e. The van der Waals surface area contributed by atoms with Gasteiger partial charge in [0, 0.05) is 0 Å². The topological polar surface area (TPSA) is 64.6 Å². The fourth-order valence-electron chi connectivity index (χ4n) is 1.65. The summed E-state index contributed by atoms with van der Waals surface area (Å²) >= 11 is 0. The van der Waals surface area contributed by atoms with Gasteiger partial charge >= 0.3 is 12.6 Å². The summed E-state index contributed by atoms with van der Waals surface area (Å²) in [4.78, 5) is 23.4. The normalized spacial score (nSPS) is 15.4. The lowest BCUT2D eigenvalue weighted by Crippen LogP contribution is -2.30. The molecule has 1 aliphatic rings. The van der Waals surface area contributed by atoms with Gasteiger partial charge in [-0.3, -0.25) is 9.59 Å². The maximum atomic E-state index is 12.3. The first-order valence-electron chi connectivity index (χ1n) is 6.52. The summed E-state index contributed by atoms with van der Waals surface area (Å²) < 4.78 is 33.8. The van der Waals surface area contributed by atoms with Crippen LogP contribution in [0.25, 0.3) is 0 Å². The number of amides is 1. The third kappa shape index (κ3) is 4.40. The van der Waals surface area contributed by atoms with Gasteiger partial charge in [0.05, 0.1) is 11.6 Å². The second-order valence-corrected chi connectivity index (χ2v) is 4.72. The van der Waals surface area contributed by atoms with Gasteiger partial charge in [0.2, 0.25) is 0 Å². The molecule has 1 aromatic carbocycles. The molecule has 1 amide bonds. The molecule has 5 nitrogen and oxygen atoms in total. The highest BCUT2D eigenvalue weighted by Gasteiger charge is 2.33. The first-order chi connectivity index (χ1) is 9.97. The molecule has 0 spiro atoms. The average molecular weight is 299 g/mol. The molecule has 0 saturated heterocycles. The summed E-state index contributed by atoms with van der Waals surface area (Å²) in [6.07, 6.45) is 0.550. The van der Waals surface area contributed by atoms with Crippen molar-refractivity contribution in [1.29, 1.82) is 0 Å². The minimum atomic E-state index is -2.99. The molecule has 7 heteroatoms. The smallest absolute Gasteiger partial charge is 0.387 e. The van der Waals surface area contributed by atoms with Crippen molar-refractivity contribution in [2.45, 2.75) is 32.5 Å². The van der Waals surface area contributed by atoms with Gasteiger partial charge in [0.15, 0.2) is 6.10 Å². The second-order valence-electron chi connectivity index (χ2n) is 4.72. The van der Waals surface area contributed by atoms with Crippen molar-refractivity contribution in [3.05, 3.63) is 24.3 Å². The van der Waals surface area contributed by atoms with E-state index in [1.165, 1.54) is 25.1 Å². The van der Waals surface area contributed by atoms with Crippen LogP contribution in [-0.4, -0.2) is 24.6 Å². The summed E-state index contributed by atoms with van der Waals surface area (Å²) in [5.74, 6) is -1.28. The van der Waals surface area contributed by atoms with Crippen LogP contribution < -0.4 is 10.1 Å². The Balaban J connectivity index is 1.96. The van der Waals surface area contributed by atoms with E-state index in [2.05, 4.69) is 10.1 Å². The molecule has 0 aromatic heterocycles. The number of anilines is 1. The molecule has 1 atom stereocenters. The van der Waals surface area contributed by atoms with Gasteiger partial charge in [0.25, 0.3) is 5.91 Å². The molecule has 21 heavy (non-hydrogen) atoms. The number of esters is 1. The fourth-order valence-corrected chi connectivity index (χ4v) is 1.65. The number of carbonyl (C=O) groups is 2. The Labute approximate surface area is 120 Å². The van der Waals surface area contributed by atoms with Gasteiger partial charge in [-0.1, -0.05) is 12.1 Å². The van der Waals surface area contributed by atoms with Gasteiger partial charge in [-0.25, -0.2) is 0 Å². The van der Waals surface area contributed by atoms with Gasteiger partial charge in [-0.2, -0.15) is 8.78 Å². The Morgan fingerprint density at radius 3 is 2.57 bits per heavy atom. The van der Waals surface area contributed by atoms with Crippen molar-refractivity contribution in [2.75, 3.05) is 5.32 Å². The molecule has 1 N–H and O–H groups in total. The van der Waals surface area contributed by atoms with Gasteiger partial charge in [-0.15, -0.1) is 0 Å². The zero-order chi connectivity index (χ0) is 15.4. The van der Waals surface area contributed by atoms with Gasteiger partial charge < -0.3 is 14.8 Å². The van der Waals surface area contributed by atoms with Crippen LogP contribution in [0.1, 0.15) is 19.8 Å². The quantitative estimate of drug-likeness (QED) is 0.820. The number of nitrogens with one attached hydrogen (secondary N) is 1. The van der Waals surface area contributed by atoms with E-state index in [9.17, 15) is 18.4 Å². The number of para-hydroxylation sites is 2. The van der Waals surface area contributed by atoms with Crippen molar-refractivity contribution < 1.29 is 27.8 Å². The number of alkyl halides is 2. The minimum absolute atomic E-state index is 0.0946. The lowest BCUT2D eigenvalue weighted by atomic mass is 10.2.